The van der Waals surface area contributed by atoms with Gasteiger partial charge in [-0.25, -0.2) is 0 Å². The SMILES string of the molecule is O=C(C1CCC(C(F)(F)F)CC1)N1CC[C@@H](O)C1. The van der Waals surface area contributed by atoms with E-state index < -0.39 is 18.2 Å². The number of β-amino-alcohol motifs (C(OH)–C–C–N with tert-alkyl or cyclic N) is 1. The molecule has 0 spiro atoms. The highest BCUT2D eigenvalue weighted by Gasteiger charge is 2.43. The Hall–Kier alpha value is -0.780. The van der Waals surface area contributed by atoms with E-state index in [0.29, 0.717) is 32.4 Å². The molecule has 0 unspecified atom stereocenters. The molecule has 2 rings (SSSR count). The van der Waals surface area contributed by atoms with E-state index in [1.165, 1.54) is 0 Å². The maximum atomic E-state index is 12.5. The molecule has 1 saturated heterocycles. The molecule has 1 atom stereocenters. The van der Waals surface area contributed by atoms with E-state index in [2.05, 4.69) is 0 Å². The first kappa shape index (κ1) is 13.6. The first-order valence-corrected chi connectivity index (χ1v) is 6.41. The highest BCUT2D eigenvalue weighted by Crippen LogP contribution is 2.40. The third-order valence-corrected chi connectivity index (χ3v) is 4.01. The molecule has 0 aromatic heterocycles. The number of hydrogen-bond donors (Lipinski definition) is 1. The molecular formula is C12H18F3NO2. The molecule has 1 aliphatic carbocycles. The summed E-state index contributed by atoms with van der Waals surface area (Å²) in [4.78, 5) is 13.6. The second-order valence-electron chi connectivity index (χ2n) is 5.32. The van der Waals surface area contributed by atoms with Crippen LogP contribution in [0.3, 0.4) is 0 Å². The van der Waals surface area contributed by atoms with Crippen LogP contribution in [0.1, 0.15) is 32.1 Å². The lowest BCUT2D eigenvalue weighted by atomic mass is 9.81. The van der Waals surface area contributed by atoms with Crippen molar-refractivity contribution < 1.29 is 23.1 Å². The normalized spacial score (nSPS) is 33.8. The zero-order valence-electron chi connectivity index (χ0n) is 10.1. The van der Waals surface area contributed by atoms with Gasteiger partial charge < -0.3 is 10.0 Å². The third-order valence-electron chi connectivity index (χ3n) is 4.01. The van der Waals surface area contributed by atoms with Crippen molar-refractivity contribution in [2.24, 2.45) is 11.8 Å². The highest BCUT2D eigenvalue weighted by molar-refractivity contribution is 5.79. The number of amides is 1. The zero-order valence-corrected chi connectivity index (χ0v) is 10.1. The first-order chi connectivity index (χ1) is 8.38. The fourth-order valence-corrected chi connectivity index (χ4v) is 2.87. The molecule has 18 heavy (non-hydrogen) atoms. The van der Waals surface area contributed by atoms with Gasteiger partial charge in [0.25, 0.3) is 0 Å². The Balaban J connectivity index is 1.84. The van der Waals surface area contributed by atoms with Gasteiger partial charge in [-0.2, -0.15) is 13.2 Å². The minimum absolute atomic E-state index is 0.0519. The van der Waals surface area contributed by atoms with Crippen molar-refractivity contribution in [3.63, 3.8) is 0 Å². The summed E-state index contributed by atoms with van der Waals surface area (Å²) in [5.74, 6) is -1.60. The molecular weight excluding hydrogens is 247 g/mol. The largest absolute Gasteiger partial charge is 0.391 e. The average molecular weight is 265 g/mol. The summed E-state index contributed by atoms with van der Waals surface area (Å²) in [6.07, 6.45) is -3.29. The number of alkyl halides is 3. The van der Waals surface area contributed by atoms with Crippen LogP contribution in [0.5, 0.6) is 0 Å². The molecule has 1 saturated carbocycles. The number of nitrogens with zero attached hydrogens (tertiary/aromatic N) is 1. The van der Waals surface area contributed by atoms with Gasteiger partial charge in [0.05, 0.1) is 12.0 Å². The number of aliphatic hydroxyl groups excluding tert-OH is 1. The van der Waals surface area contributed by atoms with Crippen LogP contribution in [0.2, 0.25) is 0 Å². The van der Waals surface area contributed by atoms with Crippen LogP contribution in [-0.2, 0) is 4.79 Å². The third kappa shape index (κ3) is 2.96. The molecule has 0 aromatic carbocycles. The number of rotatable bonds is 1. The Morgan fingerprint density at radius 1 is 1.11 bits per heavy atom. The van der Waals surface area contributed by atoms with E-state index in [1.54, 1.807) is 4.90 Å². The maximum Gasteiger partial charge on any atom is 0.391 e. The van der Waals surface area contributed by atoms with Crippen molar-refractivity contribution in [3.8, 4) is 0 Å². The number of carbonyl (C=O) groups excluding carboxylic acids is 1. The lowest BCUT2D eigenvalue weighted by molar-refractivity contribution is -0.185. The van der Waals surface area contributed by atoms with Crippen LogP contribution in [-0.4, -0.2) is 41.3 Å². The predicted octanol–water partition coefficient (Wildman–Crippen LogP) is 1.95. The van der Waals surface area contributed by atoms with Gasteiger partial charge in [0.15, 0.2) is 0 Å². The maximum absolute atomic E-state index is 12.5. The summed E-state index contributed by atoms with van der Waals surface area (Å²) in [7, 11) is 0. The standard InChI is InChI=1S/C12H18F3NO2/c13-12(14,15)9-3-1-8(2-4-9)11(18)16-6-5-10(17)7-16/h8-10,17H,1-7H2/t8?,9?,10-/m1/s1. The van der Waals surface area contributed by atoms with Crippen molar-refractivity contribution in [2.75, 3.05) is 13.1 Å². The van der Waals surface area contributed by atoms with Crippen LogP contribution in [0, 0.1) is 11.8 Å². The Labute approximate surface area is 104 Å². The van der Waals surface area contributed by atoms with Gasteiger partial charge in [-0.1, -0.05) is 0 Å². The molecule has 1 aliphatic heterocycles. The van der Waals surface area contributed by atoms with Gasteiger partial charge in [0.2, 0.25) is 5.91 Å². The second kappa shape index (κ2) is 5.07. The molecule has 1 heterocycles. The van der Waals surface area contributed by atoms with Gasteiger partial charge in [-0.05, 0) is 32.1 Å². The molecule has 1 N–H and O–H groups in total. The summed E-state index contributed by atoms with van der Waals surface area (Å²) in [5, 5.41) is 9.35. The average Bonchev–Trinajstić information content (AvgIpc) is 2.74. The Bertz CT molecular complexity index is 311. The van der Waals surface area contributed by atoms with E-state index in [-0.39, 0.29) is 24.7 Å². The quantitative estimate of drug-likeness (QED) is 0.787. The van der Waals surface area contributed by atoms with Crippen LogP contribution >= 0.6 is 0 Å². The number of halogens is 3. The smallest absolute Gasteiger partial charge is 0.391 e. The van der Waals surface area contributed by atoms with Crippen LogP contribution < -0.4 is 0 Å². The van der Waals surface area contributed by atoms with Crippen molar-refractivity contribution in [3.05, 3.63) is 0 Å². The van der Waals surface area contributed by atoms with E-state index in [0.717, 1.165) is 0 Å². The predicted molar refractivity (Wildman–Crippen MR) is 58.7 cm³/mol. The summed E-state index contributed by atoms with van der Waals surface area (Å²) in [6, 6.07) is 0. The molecule has 0 radical (unpaired) electrons. The summed E-state index contributed by atoms with van der Waals surface area (Å²) >= 11 is 0. The topological polar surface area (TPSA) is 40.5 Å². The second-order valence-corrected chi connectivity index (χ2v) is 5.32. The van der Waals surface area contributed by atoms with Gasteiger partial charge in [0, 0.05) is 19.0 Å². The Morgan fingerprint density at radius 2 is 1.72 bits per heavy atom. The van der Waals surface area contributed by atoms with Gasteiger partial charge in [-0.3, -0.25) is 4.79 Å². The highest BCUT2D eigenvalue weighted by atomic mass is 19.4. The van der Waals surface area contributed by atoms with Gasteiger partial charge in [-0.15, -0.1) is 0 Å². The zero-order chi connectivity index (χ0) is 13.3. The molecule has 104 valence electrons. The van der Waals surface area contributed by atoms with Gasteiger partial charge >= 0.3 is 6.18 Å². The molecule has 0 bridgehead atoms. The molecule has 0 aromatic rings. The first-order valence-electron chi connectivity index (χ1n) is 6.41. The number of likely N-dealkylation sites (tertiary alicyclic amines) is 1. The summed E-state index contributed by atoms with van der Waals surface area (Å²) in [6.45, 7) is 0.858. The van der Waals surface area contributed by atoms with Crippen LogP contribution in [0.15, 0.2) is 0 Å². The summed E-state index contributed by atoms with van der Waals surface area (Å²) < 4.78 is 37.5. The van der Waals surface area contributed by atoms with Crippen LogP contribution in [0.4, 0.5) is 13.2 Å². The van der Waals surface area contributed by atoms with E-state index in [4.69, 9.17) is 0 Å². The fourth-order valence-electron chi connectivity index (χ4n) is 2.87. The molecule has 2 fully saturated rings. The minimum Gasteiger partial charge on any atom is -0.391 e. The van der Waals surface area contributed by atoms with Crippen molar-refractivity contribution in [2.45, 2.75) is 44.4 Å². The lowest BCUT2D eigenvalue weighted by Gasteiger charge is -2.31. The van der Waals surface area contributed by atoms with Crippen molar-refractivity contribution in [1.29, 1.82) is 0 Å². The van der Waals surface area contributed by atoms with Crippen molar-refractivity contribution in [1.82, 2.24) is 4.90 Å². The molecule has 3 nitrogen and oxygen atoms in total. The Morgan fingerprint density at radius 3 is 2.17 bits per heavy atom. The molecule has 6 heteroatoms. The molecule has 1 amide bonds. The van der Waals surface area contributed by atoms with E-state index >= 15 is 0 Å². The van der Waals surface area contributed by atoms with Crippen molar-refractivity contribution >= 4 is 5.91 Å². The fraction of sp³-hybridized carbons (Fsp3) is 0.917. The van der Waals surface area contributed by atoms with Crippen LogP contribution in [0.25, 0.3) is 0 Å². The minimum atomic E-state index is -4.13. The number of carbonyl (C=O) groups is 1. The lowest BCUT2D eigenvalue weighted by Crippen LogP contribution is -2.38. The van der Waals surface area contributed by atoms with E-state index in [9.17, 15) is 23.1 Å². The number of aliphatic hydroxyl groups is 1. The number of hydrogen-bond acceptors (Lipinski definition) is 2. The Kier molecular flexibility index (Phi) is 3.84. The van der Waals surface area contributed by atoms with Gasteiger partial charge in [0.1, 0.15) is 0 Å². The molecule has 2 aliphatic rings. The summed E-state index contributed by atoms with van der Waals surface area (Å²) in [5.41, 5.74) is 0. The monoisotopic (exact) mass is 265 g/mol. The van der Waals surface area contributed by atoms with E-state index in [1.807, 2.05) is 0 Å².